The number of carbonyl (C=O) groups is 1. The van der Waals surface area contributed by atoms with E-state index < -0.39 is 0 Å². The number of aliphatic hydroxyl groups is 1. The molecule has 0 aliphatic carbocycles. The number of ether oxygens (including phenoxy) is 1. The van der Waals surface area contributed by atoms with Crippen molar-refractivity contribution in [1.82, 2.24) is 0 Å². The second-order valence-corrected chi connectivity index (χ2v) is 7.25. The van der Waals surface area contributed by atoms with E-state index in [0.29, 0.717) is 11.6 Å². The lowest BCUT2D eigenvalue weighted by atomic mass is 10.1. The van der Waals surface area contributed by atoms with Crippen LogP contribution in [0.1, 0.15) is 0 Å². The Kier molecular flexibility index (Phi) is 4.95. The third-order valence-corrected chi connectivity index (χ3v) is 5.31. The molecular weight excluding hydrogens is 366 g/mol. The predicted molar refractivity (Wildman–Crippen MR) is 107 cm³/mol. The number of hydrogen-bond acceptors (Lipinski definition) is 5. The van der Waals surface area contributed by atoms with Gasteiger partial charge in [0.05, 0.1) is 30.7 Å². The first-order valence-electron chi connectivity index (χ1n) is 8.98. The summed E-state index contributed by atoms with van der Waals surface area (Å²) in [5.41, 5.74) is 3.86. The fourth-order valence-corrected chi connectivity index (χ4v) is 3.67. The Labute approximate surface area is 163 Å². The molecule has 1 amide bonds. The van der Waals surface area contributed by atoms with Crippen LogP contribution in [0.25, 0.3) is 0 Å². The zero-order valence-corrected chi connectivity index (χ0v) is 15.9. The fourth-order valence-electron chi connectivity index (χ4n) is 3.50. The van der Waals surface area contributed by atoms with E-state index in [2.05, 4.69) is 17.0 Å². The van der Waals surface area contributed by atoms with Gasteiger partial charge in [0.15, 0.2) is 0 Å². The average Bonchev–Trinajstić information content (AvgIpc) is 2.64. The standard InChI is InChI=1S/C20H22ClN3O3/c1-22-18-7-2-14(21)10-19(18)24(13-20(22)26)16-5-3-15(4-6-16)23-11-17(12-23)27-9-8-25/h2-7,10,17,25H,8-9,11-13H2,1H3. The van der Waals surface area contributed by atoms with Crippen LogP contribution in [0.2, 0.25) is 5.02 Å². The molecule has 6 nitrogen and oxygen atoms in total. The highest BCUT2D eigenvalue weighted by Gasteiger charge is 2.29. The van der Waals surface area contributed by atoms with E-state index in [-0.39, 0.29) is 25.2 Å². The van der Waals surface area contributed by atoms with Crippen molar-refractivity contribution in [1.29, 1.82) is 0 Å². The molecule has 0 aromatic heterocycles. The van der Waals surface area contributed by atoms with Gasteiger partial charge in [-0.05, 0) is 42.5 Å². The second-order valence-electron chi connectivity index (χ2n) is 6.81. The van der Waals surface area contributed by atoms with Crippen LogP contribution in [-0.4, -0.2) is 57.0 Å². The van der Waals surface area contributed by atoms with E-state index in [1.165, 1.54) is 0 Å². The summed E-state index contributed by atoms with van der Waals surface area (Å²) in [5, 5.41) is 9.46. The van der Waals surface area contributed by atoms with E-state index in [4.69, 9.17) is 21.4 Å². The van der Waals surface area contributed by atoms with Gasteiger partial charge in [-0.3, -0.25) is 4.79 Å². The number of fused-ring (bicyclic) bond motifs is 1. The Hall–Kier alpha value is -2.28. The fraction of sp³-hybridized carbons (Fsp3) is 0.350. The molecular formula is C20H22ClN3O3. The molecule has 27 heavy (non-hydrogen) atoms. The minimum absolute atomic E-state index is 0.0421. The molecule has 2 aliphatic rings. The highest BCUT2D eigenvalue weighted by Crippen LogP contribution is 2.39. The van der Waals surface area contributed by atoms with Crippen LogP contribution in [0.15, 0.2) is 42.5 Å². The van der Waals surface area contributed by atoms with Gasteiger partial charge in [0.1, 0.15) is 6.54 Å². The number of rotatable bonds is 5. The SMILES string of the molecule is CN1C(=O)CN(c2ccc(N3CC(OCCO)C3)cc2)c2cc(Cl)ccc21. The monoisotopic (exact) mass is 387 g/mol. The molecule has 0 bridgehead atoms. The van der Waals surface area contributed by atoms with Crippen LogP contribution in [0.4, 0.5) is 22.7 Å². The van der Waals surface area contributed by atoms with E-state index >= 15 is 0 Å². The highest BCUT2D eigenvalue weighted by atomic mass is 35.5. The van der Waals surface area contributed by atoms with Gasteiger partial charge in [-0.1, -0.05) is 11.6 Å². The van der Waals surface area contributed by atoms with Crippen molar-refractivity contribution >= 4 is 40.3 Å². The van der Waals surface area contributed by atoms with Crippen molar-refractivity contribution in [3.8, 4) is 0 Å². The van der Waals surface area contributed by atoms with E-state index in [1.54, 1.807) is 18.0 Å². The average molecular weight is 388 g/mol. The largest absolute Gasteiger partial charge is 0.394 e. The molecule has 2 heterocycles. The summed E-state index contributed by atoms with van der Waals surface area (Å²) < 4.78 is 5.52. The molecule has 0 saturated carbocycles. The van der Waals surface area contributed by atoms with Crippen molar-refractivity contribution in [2.75, 3.05) is 54.6 Å². The van der Waals surface area contributed by atoms with Gasteiger partial charge in [-0.25, -0.2) is 0 Å². The Balaban J connectivity index is 1.52. The first-order valence-corrected chi connectivity index (χ1v) is 9.36. The molecule has 142 valence electrons. The van der Waals surface area contributed by atoms with Crippen molar-refractivity contribution < 1.29 is 14.6 Å². The third-order valence-electron chi connectivity index (χ3n) is 5.08. The van der Waals surface area contributed by atoms with Crippen LogP contribution in [0, 0.1) is 0 Å². The number of benzene rings is 2. The predicted octanol–water partition coefficient (Wildman–Crippen LogP) is 2.65. The Morgan fingerprint density at radius 1 is 1.11 bits per heavy atom. The zero-order valence-electron chi connectivity index (χ0n) is 15.1. The number of carbonyl (C=O) groups excluding carboxylic acids is 1. The Morgan fingerprint density at radius 3 is 2.52 bits per heavy atom. The normalized spacial score (nSPS) is 17.1. The number of halogens is 1. The van der Waals surface area contributed by atoms with Crippen LogP contribution < -0.4 is 14.7 Å². The van der Waals surface area contributed by atoms with Crippen LogP contribution >= 0.6 is 11.6 Å². The summed E-state index contributed by atoms with van der Waals surface area (Å²) in [6.07, 6.45) is 0.182. The lowest BCUT2D eigenvalue weighted by molar-refractivity contribution is -0.117. The number of anilines is 4. The van der Waals surface area contributed by atoms with Gasteiger partial charge in [-0.15, -0.1) is 0 Å². The lowest BCUT2D eigenvalue weighted by Gasteiger charge is -2.41. The van der Waals surface area contributed by atoms with Crippen molar-refractivity contribution in [2.45, 2.75) is 6.10 Å². The van der Waals surface area contributed by atoms with E-state index in [9.17, 15) is 4.79 Å². The second kappa shape index (κ2) is 7.38. The van der Waals surface area contributed by atoms with Crippen LogP contribution in [0.5, 0.6) is 0 Å². The maximum absolute atomic E-state index is 12.4. The molecule has 4 rings (SSSR count). The molecule has 0 atom stereocenters. The molecule has 0 spiro atoms. The summed E-state index contributed by atoms with van der Waals surface area (Å²) in [6, 6.07) is 13.8. The Bertz CT molecular complexity index is 837. The zero-order chi connectivity index (χ0) is 19.0. The minimum Gasteiger partial charge on any atom is -0.394 e. The highest BCUT2D eigenvalue weighted by molar-refractivity contribution is 6.31. The van der Waals surface area contributed by atoms with Gasteiger partial charge in [-0.2, -0.15) is 0 Å². The van der Waals surface area contributed by atoms with E-state index in [1.807, 2.05) is 29.2 Å². The van der Waals surface area contributed by atoms with Crippen molar-refractivity contribution in [3.63, 3.8) is 0 Å². The maximum Gasteiger partial charge on any atom is 0.246 e. The molecule has 2 aliphatic heterocycles. The first kappa shape index (κ1) is 18.1. The number of aliphatic hydroxyl groups excluding tert-OH is 1. The molecule has 2 aromatic rings. The summed E-state index contributed by atoms with van der Waals surface area (Å²) in [4.78, 5) is 18.3. The lowest BCUT2D eigenvalue weighted by Crippen LogP contribution is -2.52. The first-order chi connectivity index (χ1) is 13.1. The quantitative estimate of drug-likeness (QED) is 0.854. The van der Waals surface area contributed by atoms with Gasteiger partial charge >= 0.3 is 0 Å². The third kappa shape index (κ3) is 3.48. The minimum atomic E-state index is 0.0421. The molecule has 1 N–H and O–H groups in total. The molecule has 0 unspecified atom stereocenters. The molecule has 7 heteroatoms. The maximum atomic E-state index is 12.4. The van der Waals surface area contributed by atoms with E-state index in [0.717, 1.165) is 35.8 Å². The molecule has 0 radical (unpaired) electrons. The Morgan fingerprint density at radius 2 is 1.81 bits per heavy atom. The summed E-state index contributed by atoms with van der Waals surface area (Å²) in [6.45, 7) is 2.37. The number of amides is 1. The molecule has 1 saturated heterocycles. The topological polar surface area (TPSA) is 56.3 Å². The summed E-state index contributed by atoms with van der Waals surface area (Å²) in [7, 11) is 1.79. The van der Waals surface area contributed by atoms with Gasteiger partial charge in [0.25, 0.3) is 0 Å². The number of nitrogens with zero attached hydrogens (tertiary/aromatic N) is 3. The summed E-state index contributed by atoms with van der Waals surface area (Å²) >= 11 is 6.19. The summed E-state index contributed by atoms with van der Waals surface area (Å²) in [5.74, 6) is 0.0421. The smallest absolute Gasteiger partial charge is 0.246 e. The number of likely N-dealkylation sites (N-methyl/N-ethyl adjacent to an activating group) is 1. The van der Waals surface area contributed by atoms with Crippen molar-refractivity contribution in [3.05, 3.63) is 47.5 Å². The van der Waals surface area contributed by atoms with Crippen molar-refractivity contribution in [2.24, 2.45) is 0 Å². The van der Waals surface area contributed by atoms with Gasteiger partial charge in [0.2, 0.25) is 5.91 Å². The van der Waals surface area contributed by atoms with Crippen LogP contribution in [-0.2, 0) is 9.53 Å². The van der Waals surface area contributed by atoms with Gasteiger partial charge < -0.3 is 24.5 Å². The molecule has 2 aromatic carbocycles. The number of hydrogen-bond donors (Lipinski definition) is 1. The van der Waals surface area contributed by atoms with Crippen LogP contribution in [0.3, 0.4) is 0 Å². The molecule has 1 fully saturated rings. The van der Waals surface area contributed by atoms with Gasteiger partial charge in [0, 0.05) is 36.5 Å².